The zero-order valence-electron chi connectivity index (χ0n) is 14.5. The number of benzene rings is 1. The third kappa shape index (κ3) is 3.75. The minimum atomic E-state index is -0.627. The van der Waals surface area contributed by atoms with E-state index in [0.717, 1.165) is 5.56 Å². The number of carbonyl (C=O) groups excluding carboxylic acids is 3. The number of rotatable bonds is 4. The molecule has 2 heterocycles. The molecule has 7 nitrogen and oxygen atoms in total. The first-order valence-corrected chi connectivity index (χ1v) is 8.67. The van der Waals surface area contributed by atoms with Gasteiger partial charge in [-0.1, -0.05) is 30.3 Å². The molecule has 134 valence electrons. The highest BCUT2D eigenvalue weighted by Gasteiger charge is 2.48. The Morgan fingerprint density at radius 1 is 1.28 bits per heavy atom. The molecule has 1 aromatic rings. The maximum atomic E-state index is 12.7. The van der Waals surface area contributed by atoms with Crippen molar-refractivity contribution in [1.29, 1.82) is 0 Å². The van der Waals surface area contributed by atoms with Gasteiger partial charge >= 0.3 is 6.03 Å². The summed E-state index contributed by atoms with van der Waals surface area (Å²) in [6, 6.07) is 7.79. The summed E-state index contributed by atoms with van der Waals surface area (Å²) in [5.41, 5.74) is 1.00. The fourth-order valence-corrected chi connectivity index (χ4v) is 3.49. The predicted octanol–water partition coefficient (Wildman–Crippen LogP) is 0.405. The molecule has 3 N–H and O–H groups in total. The van der Waals surface area contributed by atoms with Gasteiger partial charge in [0.2, 0.25) is 11.8 Å². The van der Waals surface area contributed by atoms with Crippen molar-refractivity contribution in [3.8, 4) is 0 Å². The van der Waals surface area contributed by atoms with E-state index in [0.29, 0.717) is 19.4 Å². The molecule has 0 radical (unpaired) electrons. The van der Waals surface area contributed by atoms with Crippen LogP contribution in [-0.4, -0.2) is 53.5 Å². The first-order chi connectivity index (χ1) is 12.0. The van der Waals surface area contributed by atoms with Crippen molar-refractivity contribution in [2.24, 2.45) is 0 Å². The Hall–Kier alpha value is -2.57. The molecule has 0 saturated carbocycles. The summed E-state index contributed by atoms with van der Waals surface area (Å²) in [4.78, 5) is 38.8. The van der Waals surface area contributed by atoms with Gasteiger partial charge in [0.05, 0.1) is 6.04 Å². The van der Waals surface area contributed by atoms with Crippen LogP contribution in [0.15, 0.2) is 30.3 Å². The van der Waals surface area contributed by atoms with E-state index in [1.165, 1.54) is 0 Å². The molecule has 4 amide bonds. The number of nitrogens with zero attached hydrogens (tertiary/aromatic N) is 1. The lowest BCUT2D eigenvalue weighted by molar-refractivity contribution is -0.147. The van der Waals surface area contributed by atoms with Crippen LogP contribution in [0.2, 0.25) is 0 Å². The first kappa shape index (κ1) is 17.3. The van der Waals surface area contributed by atoms with Crippen LogP contribution in [0.3, 0.4) is 0 Å². The van der Waals surface area contributed by atoms with E-state index in [1.807, 2.05) is 44.2 Å². The number of piperazine rings is 1. The summed E-state index contributed by atoms with van der Waals surface area (Å²) in [7, 11) is 0. The van der Waals surface area contributed by atoms with E-state index in [-0.39, 0.29) is 29.9 Å². The number of urea groups is 1. The molecular formula is C18H24N4O3. The molecule has 2 saturated heterocycles. The zero-order valence-corrected chi connectivity index (χ0v) is 14.5. The molecule has 2 fully saturated rings. The van der Waals surface area contributed by atoms with Crippen LogP contribution in [0.4, 0.5) is 4.79 Å². The number of hydrogen-bond acceptors (Lipinski definition) is 3. The van der Waals surface area contributed by atoms with Gasteiger partial charge in [0.15, 0.2) is 0 Å². The summed E-state index contributed by atoms with van der Waals surface area (Å²) in [5, 5.41) is 8.40. The fraction of sp³-hybridized carbons (Fsp3) is 0.500. The predicted molar refractivity (Wildman–Crippen MR) is 92.8 cm³/mol. The second-order valence-corrected chi connectivity index (χ2v) is 6.90. The van der Waals surface area contributed by atoms with Crippen LogP contribution in [0, 0.1) is 0 Å². The van der Waals surface area contributed by atoms with Gasteiger partial charge < -0.3 is 20.9 Å². The molecule has 1 aromatic carbocycles. The Bertz CT molecular complexity index is 662. The van der Waals surface area contributed by atoms with Crippen LogP contribution in [0.1, 0.15) is 25.8 Å². The fourth-order valence-electron chi connectivity index (χ4n) is 3.49. The maximum Gasteiger partial charge on any atom is 0.315 e. The van der Waals surface area contributed by atoms with E-state index in [2.05, 4.69) is 16.0 Å². The lowest BCUT2D eigenvalue weighted by Gasteiger charge is -2.36. The Morgan fingerprint density at radius 3 is 2.68 bits per heavy atom. The molecular weight excluding hydrogens is 320 g/mol. The van der Waals surface area contributed by atoms with Crippen molar-refractivity contribution in [3.63, 3.8) is 0 Å². The standard InChI is InChI=1S/C18H24N4O3/c1-11(2)19-18(25)21-13-8-9-22-15(13)16(23)20-14(17(22)24)10-12-6-4-3-5-7-12/h3-7,11,13-15H,8-10H2,1-2H3,(H,20,23)(H2,19,21,25)/t13-,14-,15+/m1/s1. The quantitative estimate of drug-likeness (QED) is 0.739. The van der Waals surface area contributed by atoms with Crippen LogP contribution in [0.5, 0.6) is 0 Å². The summed E-state index contributed by atoms with van der Waals surface area (Å²) < 4.78 is 0. The number of nitrogens with one attached hydrogen (secondary N) is 3. The maximum absolute atomic E-state index is 12.7. The number of hydrogen-bond donors (Lipinski definition) is 3. The lowest BCUT2D eigenvalue weighted by atomic mass is 9.99. The van der Waals surface area contributed by atoms with E-state index in [4.69, 9.17) is 0 Å². The summed E-state index contributed by atoms with van der Waals surface area (Å²) in [5.74, 6) is -0.283. The van der Waals surface area contributed by atoms with E-state index in [9.17, 15) is 14.4 Å². The van der Waals surface area contributed by atoms with Crippen LogP contribution >= 0.6 is 0 Å². The number of carbonyl (C=O) groups is 3. The van der Waals surface area contributed by atoms with E-state index < -0.39 is 12.1 Å². The summed E-state index contributed by atoms with van der Waals surface area (Å²) >= 11 is 0. The Kier molecular flexibility index (Phi) is 4.92. The highest BCUT2D eigenvalue weighted by molar-refractivity contribution is 5.98. The molecule has 0 aliphatic carbocycles. The van der Waals surface area contributed by atoms with Crippen molar-refractivity contribution < 1.29 is 14.4 Å². The second kappa shape index (κ2) is 7.13. The molecule has 25 heavy (non-hydrogen) atoms. The van der Waals surface area contributed by atoms with Gasteiger partial charge in [0.1, 0.15) is 12.1 Å². The average Bonchev–Trinajstić information content (AvgIpc) is 2.97. The Labute approximate surface area is 147 Å². The van der Waals surface area contributed by atoms with Gasteiger partial charge in [-0.3, -0.25) is 9.59 Å². The number of amides is 4. The molecule has 0 spiro atoms. The summed E-state index contributed by atoms with van der Waals surface area (Å²) in [6.45, 7) is 4.21. The second-order valence-electron chi connectivity index (χ2n) is 6.90. The molecule has 2 aliphatic heterocycles. The van der Waals surface area contributed by atoms with Gasteiger partial charge in [-0.05, 0) is 25.8 Å². The minimum Gasteiger partial charge on any atom is -0.342 e. The van der Waals surface area contributed by atoms with Crippen molar-refractivity contribution in [1.82, 2.24) is 20.9 Å². The van der Waals surface area contributed by atoms with E-state index >= 15 is 0 Å². The lowest BCUT2D eigenvalue weighted by Crippen LogP contribution is -2.65. The Balaban J connectivity index is 1.66. The molecule has 3 rings (SSSR count). The SMILES string of the molecule is CC(C)NC(=O)N[C@@H]1CCN2C(=O)[C@@H](Cc3ccccc3)NC(=O)[C@H]12. The average molecular weight is 344 g/mol. The molecule has 2 aliphatic rings. The van der Waals surface area contributed by atoms with Gasteiger partial charge in [0.25, 0.3) is 0 Å². The van der Waals surface area contributed by atoms with Crippen molar-refractivity contribution in [3.05, 3.63) is 35.9 Å². The highest BCUT2D eigenvalue weighted by Crippen LogP contribution is 2.24. The van der Waals surface area contributed by atoms with Crippen molar-refractivity contribution in [2.75, 3.05) is 6.54 Å². The van der Waals surface area contributed by atoms with Crippen LogP contribution in [-0.2, 0) is 16.0 Å². The molecule has 0 unspecified atom stereocenters. The van der Waals surface area contributed by atoms with Gasteiger partial charge in [-0.15, -0.1) is 0 Å². The minimum absolute atomic E-state index is 0.00886. The van der Waals surface area contributed by atoms with Crippen molar-refractivity contribution in [2.45, 2.75) is 50.9 Å². The topological polar surface area (TPSA) is 90.5 Å². The third-order valence-corrected chi connectivity index (χ3v) is 4.58. The van der Waals surface area contributed by atoms with Crippen LogP contribution < -0.4 is 16.0 Å². The largest absolute Gasteiger partial charge is 0.342 e. The van der Waals surface area contributed by atoms with E-state index in [1.54, 1.807) is 4.90 Å². The van der Waals surface area contributed by atoms with Gasteiger partial charge in [0, 0.05) is 19.0 Å². The summed E-state index contributed by atoms with van der Waals surface area (Å²) in [6.07, 6.45) is 1.05. The first-order valence-electron chi connectivity index (χ1n) is 8.67. The zero-order chi connectivity index (χ0) is 18.0. The molecule has 3 atom stereocenters. The Morgan fingerprint density at radius 2 is 2.00 bits per heavy atom. The normalized spacial score (nSPS) is 25.6. The molecule has 0 aromatic heterocycles. The molecule has 7 heteroatoms. The molecule has 0 bridgehead atoms. The van der Waals surface area contributed by atoms with Crippen LogP contribution in [0.25, 0.3) is 0 Å². The van der Waals surface area contributed by atoms with Crippen molar-refractivity contribution >= 4 is 17.8 Å². The smallest absolute Gasteiger partial charge is 0.315 e. The van der Waals surface area contributed by atoms with Gasteiger partial charge in [-0.2, -0.15) is 0 Å². The highest BCUT2D eigenvalue weighted by atomic mass is 16.2. The van der Waals surface area contributed by atoms with Gasteiger partial charge in [-0.25, -0.2) is 4.79 Å². The monoisotopic (exact) mass is 344 g/mol. The number of fused-ring (bicyclic) bond motifs is 1. The third-order valence-electron chi connectivity index (χ3n) is 4.58.